The molecule has 26 heavy (non-hydrogen) atoms. The summed E-state index contributed by atoms with van der Waals surface area (Å²) in [5.74, 6) is 0.815. The third-order valence-electron chi connectivity index (χ3n) is 6.58. The molecule has 4 nitrogen and oxygen atoms in total. The molecule has 0 spiro atoms. The second-order valence-corrected chi connectivity index (χ2v) is 7.76. The van der Waals surface area contributed by atoms with Gasteiger partial charge in [-0.15, -0.1) is 0 Å². The van der Waals surface area contributed by atoms with Gasteiger partial charge in [0.1, 0.15) is 11.4 Å². The third kappa shape index (κ3) is 2.14. The number of nitriles is 1. The average Bonchev–Trinajstić information content (AvgIpc) is 2.67. The first-order valence-electron chi connectivity index (χ1n) is 9.04. The monoisotopic (exact) mass is 348 g/mol. The minimum Gasteiger partial charge on any atom is -0.497 e. The van der Waals surface area contributed by atoms with Gasteiger partial charge < -0.3 is 9.84 Å². The summed E-state index contributed by atoms with van der Waals surface area (Å²) >= 11 is 0. The predicted molar refractivity (Wildman–Crippen MR) is 100 cm³/mol. The SMILES string of the molecule is COc1ccc2c(c1)[C@]1(C)CCN(C)C(C2)[C@@]1(O)c1cccc(C#N)c1. The van der Waals surface area contributed by atoms with Gasteiger partial charge in [0.25, 0.3) is 0 Å². The molecular weight excluding hydrogens is 324 g/mol. The Labute approximate surface area is 154 Å². The molecule has 1 saturated heterocycles. The molecule has 0 amide bonds. The van der Waals surface area contributed by atoms with Gasteiger partial charge in [0.15, 0.2) is 0 Å². The molecule has 2 bridgehead atoms. The smallest absolute Gasteiger partial charge is 0.119 e. The van der Waals surface area contributed by atoms with Crippen LogP contribution < -0.4 is 4.74 Å². The summed E-state index contributed by atoms with van der Waals surface area (Å²) in [6, 6.07) is 15.8. The van der Waals surface area contributed by atoms with Crippen molar-refractivity contribution in [1.29, 1.82) is 5.26 Å². The van der Waals surface area contributed by atoms with Crippen LogP contribution >= 0.6 is 0 Å². The highest BCUT2D eigenvalue weighted by Gasteiger charge is 2.60. The lowest BCUT2D eigenvalue weighted by atomic mass is 9.53. The molecule has 2 aliphatic rings. The number of ether oxygens (including phenoxy) is 1. The van der Waals surface area contributed by atoms with Gasteiger partial charge in [-0.3, -0.25) is 4.90 Å². The van der Waals surface area contributed by atoms with Crippen LogP contribution in [0.5, 0.6) is 5.75 Å². The number of benzene rings is 2. The molecule has 2 aromatic carbocycles. The molecule has 1 aliphatic carbocycles. The molecule has 1 fully saturated rings. The maximum absolute atomic E-state index is 12.2. The second-order valence-electron chi connectivity index (χ2n) is 7.76. The van der Waals surface area contributed by atoms with Gasteiger partial charge >= 0.3 is 0 Å². The second kappa shape index (κ2) is 5.84. The Morgan fingerprint density at radius 3 is 2.81 bits per heavy atom. The number of methoxy groups -OCH3 is 1. The van der Waals surface area contributed by atoms with E-state index in [1.54, 1.807) is 13.2 Å². The molecule has 1 unspecified atom stereocenters. The van der Waals surface area contributed by atoms with E-state index in [2.05, 4.69) is 37.1 Å². The van der Waals surface area contributed by atoms with E-state index in [1.165, 1.54) is 5.56 Å². The van der Waals surface area contributed by atoms with Crippen molar-refractivity contribution in [3.63, 3.8) is 0 Å². The van der Waals surface area contributed by atoms with Gasteiger partial charge in [-0.2, -0.15) is 5.26 Å². The van der Waals surface area contributed by atoms with Crippen molar-refractivity contribution in [1.82, 2.24) is 4.90 Å². The summed E-state index contributed by atoms with van der Waals surface area (Å²) in [7, 11) is 3.75. The number of nitrogens with zero attached hydrogens (tertiary/aromatic N) is 2. The molecule has 4 rings (SSSR count). The van der Waals surface area contributed by atoms with Crippen LogP contribution in [0.25, 0.3) is 0 Å². The van der Waals surface area contributed by atoms with E-state index in [4.69, 9.17) is 4.74 Å². The van der Waals surface area contributed by atoms with Crippen LogP contribution in [-0.2, 0) is 17.4 Å². The van der Waals surface area contributed by atoms with Crippen LogP contribution in [0, 0.1) is 11.3 Å². The topological polar surface area (TPSA) is 56.5 Å². The van der Waals surface area contributed by atoms with Crippen molar-refractivity contribution in [2.45, 2.75) is 36.8 Å². The molecule has 1 N–H and O–H groups in total. The number of likely N-dealkylation sites (tertiary alicyclic amines) is 1. The summed E-state index contributed by atoms with van der Waals surface area (Å²) in [6.45, 7) is 3.08. The molecular formula is C22H24N2O2. The van der Waals surface area contributed by atoms with Gasteiger partial charge in [0.05, 0.1) is 18.7 Å². The summed E-state index contributed by atoms with van der Waals surface area (Å²) < 4.78 is 5.46. The molecule has 2 aromatic rings. The predicted octanol–water partition coefficient (Wildman–Crippen LogP) is 2.97. The Kier molecular flexibility index (Phi) is 3.83. The van der Waals surface area contributed by atoms with Crippen molar-refractivity contribution >= 4 is 0 Å². The van der Waals surface area contributed by atoms with Crippen molar-refractivity contribution in [3.05, 3.63) is 64.7 Å². The van der Waals surface area contributed by atoms with Crippen molar-refractivity contribution in [3.8, 4) is 11.8 Å². The zero-order valence-corrected chi connectivity index (χ0v) is 15.5. The highest BCUT2D eigenvalue weighted by atomic mass is 16.5. The highest BCUT2D eigenvalue weighted by Crippen LogP contribution is 2.56. The van der Waals surface area contributed by atoms with Crippen molar-refractivity contribution < 1.29 is 9.84 Å². The highest BCUT2D eigenvalue weighted by molar-refractivity contribution is 5.51. The van der Waals surface area contributed by atoms with E-state index < -0.39 is 11.0 Å². The lowest BCUT2D eigenvalue weighted by Crippen LogP contribution is -2.67. The average molecular weight is 348 g/mol. The maximum atomic E-state index is 12.2. The number of rotatable bonds is 2. The van der Waals surface area contributed by atoms with Crippen molar-refractivity contribution in [2.24, 2.45) is 0 Å². The number of likely N-dealkylation sites (N-methyl/N-ethyl adjacent to an activating group) is 1. The first kappa shape index (κ1) is 17.1. The Morgan fingerprint density at radius 2 is 2.08 bits per heavy atom. The Hall–Kier alpha value is -2.35. The largest absolute Gasteiger partial charge is 0.497 e. The van der Waals surface area contributed by atoms with Crippen LogP contribution in [0.1, 0.15) is 35.6 Å². The quantitative estimate of drug-likeness (QED) is 0.906. The molecule has 0 saturated carbocycles. The summed E-state index contributed by atoms with van der Waals surface area (Å²) in [6.07, 6.45) is 1.62. The standard InChI is InChI=1S/C22H24N2O2/c1-21-9-10-24(2)20(12-16-7-8-18(26-3)13-19(16)21)22(21,25)17-6-4-5-15(11-17)14-23/h4-8,11,13,20,25H,9-10,12H2,1-3H3/t20?,21-,22-/m0/s1. The fourth-order valence-corrected chi connectivity index (χ4v) is 5.00. The van der Waals surface area contributed by atoms with Crippen LogP contribution in [0.3, 0.4) is 0 Å². The number of aliphatic hydroxyl groups is 1. The van der Waals surface area contributed by atoms with E-state index >= 15 is 0 Å². The van der Waals surface area contributed by atoms with Gasteiger partial charge in [-0.25, -0.2) is 0 Å². The van der Waals surface area contributed by atoms with E-state index in [-0.39, 0.29) is 6.04 Å². The lowest BCUT2D eigenvalue weighted by molar-refractivity contribution is -0.141. The molecule has 134 valence electrons. The number of piperidine rings is 1. The van der Waals surface area contributed by atoms with E-state index in [0.717, 1.165) is 36.3 Å². The van der Waals surface area contributed by atoms with Gasteiger partial charge in [-0.1, -0.05) is 25.1 Å². The summed E-state index contributed by atoms with van der Waals surface area (Å²) in [5, 5.41) is 21.5. The minimum atomic E-state index is -1.06. The van der Waals surface area contributed by atoms with E-state index in [1.807, 2.05) is 24.3 Å². The number of hydrogen-bond donors (Lipinski definition) is 1. The van der Waals surface area contributed by atoms with Gasteiger partial charge in [-0.05, 0) is 67.4 Å². The number of hydrogen-bond acceptors (Lipinski definition) is 4. The summed E-state index contributed by atoms with van der Waals surface area (Å²) in [5.41, 5.74) is 2.32. The van der Waals surface area contributed by atoms with Crippen molar-refractivity contribution in [2.75, 3.05) is 20.7 Å². The Bertz CT molecular complexity index is 903. The van der Waals surface area contributed by atoms with E-state index in [9.17, 15) is 10.4 Å². The first-order valence-corrected chi connectivity index (χ1v) is 9.04. The molecule has 1 heterocycles. The number of fused-ring (bicyclic) bond motifs is 4. The van der Waals surface area contributed by atoms with Crippen LogP contribution in [0.15, 0.2) is 42.5 Å². The molecule has 1 aliphatic heterocycles. The molecule has 4 heteroatoms. The fraction of sp³-hybridized carbons (Fsp3) is 0.409. The normalized spacial score (nSPS) is 30.3. The molecule has 0 aromatic heterocycles. The van der Waals surface area contributed by atoms with Crippen LogP contribution in [0.4, 0.5) is 0 Å². The van der Waals surface area contributed by atoms with E-state index in [0.29, 0.717) is 5.56 Å². The maximum Gasteiger partial charge on any atom is 0.119 e. The molecule has 3 atom stereocenters. The van der Waals surface area contributed by atoms with Gasteiger partial charge in [0.2, 0.25) is 0 Å². The van der Waals surface area contributed by atoms with Gasteiger partial charge in [0, 0.05) is 11.5 Å². The van der Waals surface area contributed by atoms with Crippen LogP contribution in [-0.4, -0.2) is 36.8 Å². The lowest BCUT2D eigenvalue weighted by Gasteiger charge is -2.60. The first-order chi connectivity index (χ1) is 12.4. The zero-order valence-electron chi connectivity index (χ0n) is 15.5. The summed E-state index contributed by atoms with van der Waals surface area (Å²) in [4.78, 5) is 2.26. The van der Waals surface area contributed by atoms with Crippen LogP contribution in [0.2, 0.25) is 0 Å². The Morgan fingerprint density at radius 1 is 1.27 bits per heavy atom. The fourth-order valence-electron chi connectivity index (χ4n) is 5.00. The zero-order chi connectivity index (χ0) is 18.5. The minimum absolute atomic E-state index is 0.0314. The molecule has 0 radical (unpaired) electrons. The third-order valence-corrected chi connectivity index (χ3v) is 6.58. The Balaban J connectivity index is 1.97.